The minimum absolute atomic E-state index is 0.384. The highest BCUT2D eigenvalue weighted by molar-refractivity contribution is 5.87. The Morgan fingerprint density at radius 1 is 0.432 bits per heavy atom. The molecule has 6 nitrogen and oxygen atoms in total. The van der Waals surface area contributed by atoms with Crippen molar-refractivity contribution >= 4 is 11.9 Å². The van der Waals surface area contributed by atoms with Crippen LogP contribution in [0.15, 0.2) is 12.2 Å². The lowest BCUT2D eigenvalue weighted by atomic mass is 10.0. The number of hydrogen-bond donors (Lipinski definition) is 0. The molecule has 2 saturated heterocycles. The molecule has 0 aromatic carbocycles. The molecule has 0 spiro atoms. The molecule has 0 aliphatic carbocycles. The molecule has 2 heterocycles. The van der Waals surface area contributed by atoms with Gasteiger partial charge in [-0.3, -0.25) is 0 Å². The number of carboxylic acids is 2. The van der Waals surface area contributed by atoms with Gasteiger partial charge in [-0.2, -0.15) is 0 Å². The van der Waals surface area contributed by atoms with Crippen LogP contribution >= 0.6 is 0 Å². The van der Waals surface area contributed by atoms with E-state index in [1.165, 1.54) is 203 Å². The fourth-order valence-electron chi connectivity index (χ4n) is 7.12. The number of piperidine rings is 2. The van der Waals surface area contributed by atoms with Crippen LogP contribution < -0.4 is 10.2 Å². The first-order valence-electron chi connectivity index (χ1n) is 19.1. The Bertz CT molecular complexity index is 611. The van der Waals surface area contributed by atoms with Gasteiger partial charge >= 0.3 is 0 Å². The highest BCUT2D eigenvalue weighted by atomic mass is 16.4. The van der Waals surface area contributed by atoms with E-state index in [-0.39, 0.29) is 0 Å². The molecule has 0 radical (unpaired) electrons. The summed E-state index contributed by atoms with van der Waals surface area (Å²) in [4.78, 5) is 18.8. The maximum Gasteiger partial charge on any atom is 0.0786 e. The third-order valence-electron chi connectivity index (χ3n) is 9.83. The number of quaternary nitrogens is 2. The molecule has 2 fully saturated rings. The summed E-state index contributed by atoms with van der Waals surface area (Å²) in [5.74, 6) is -3.09. The molecule has 260 valence electrons. The second-order valence-electron chi connectivity index (χ2n) is 13.8. The van der Waals surface area contributed by atoms with E-state index in [1.54, 1.807) is 0 Å². The molecule has 2 rings (SSSR count). The average molecular weight is 623 g/mol. The molecular formula is C38H74N2O4. The highest BCUT2D eigenvalue weighted by Gasteiger charge is 2.29. The van der Waals surface area contributed by atoms with Gasteiger partial charge in [-0.25, -0.2) is 0 Å². The maximum atomic E-state index is 9.41. The van der Waals surface area contributed by atoms with Gasteiger partial charge in [0, 0.05) is 0 Å². The largest absolute Gasteiger partial charge is 0.545 e. The Hall–Kier alpha value is -1.40. The number of carboxylic acid groups (broad SMARTS) is 2. The molecule has 0 N–H and O–H groups in total. The average Bonchev–Trinajstić information content (AvgIpc) is 3.03. The Morgan fingerprint density at radius 3 is 0.886 bits per heavy atom. The van der Waals surface area contributed by atoms with E-state index >= 15 is 0 Å². The molecule has 6 heteroatoms. The molecule has 0 saturated carbocycles. The van der Waals surface area contributed by atoms with Gasteiger partial charge in [-0.15, -0.1) is 0 Å². The maximum absolute atomic E-state index is 9.41. The molecule has 0 amide bonds. The Morgan fingerprint density at radius 2 is 0.682 bits per heavy atom. The standard InChI is InChI=1S/2C17H36N.C4H4O4/c2*1-3-5-7-10-14-18(15-11-8-6-4-2)16-12-9-13-17-18;5-3(6)1-2-4(7)8/h2*3-17H2,1-2H3;1-2H,(H,5,6)(H,7,8)/q2*+1;/p-2. The summed E-state index contributed by atoms with van der Waals surface area (Å²) in [5.41, 5.74) is 0. The highest BCUT2D eigenvalue weighted by Crippen LogP contribution is 2.23. The summed E-state index contributed by atoms with van der Waals surface area (Å²) in [5, 5.41) is 18.8. The summed E-state index contributed by atoms with van der Waals surface area (Å²) in [6.45, 7) is 21.1. The van der Waals surface area contributed by atoms with Gasteiger partial charge in [0.1, 0.15) is 0 Å². The van der Waals surface area contributed by atoms with Gasteiger partial charge in [0.15, 0.2) is 0 Å². The Labute approximate surface area is 273 Å². The van der Waals surface area contributed by atoms with Gasteiger partial charge in [0.2, 0.25) is 0 Å². The van der Waals surface area contributed by atoms with Gasteiger partial charge in [0.05, 0.1) is 64.3 Å². The second kappa shape index (κ2) is 29.0. The van der Waals surface area contributed by atoms with E-state index in [9.17, 15) is 19.8 Å². The number of carbonyl (C=O) groups excluding carboxylic acids is 2. The normalized spacial score (nSPS) is 17.3. The van der Waals surface area contributed by atoms with E-state index in [1.807, 2.05) is 0 Å². The van der Waals surface area contributed by atoms with Crippen molar-refractivity contribution in [3.05, 3.63) is 12.2 Å². The van der Waals surface area contributed by atoms with Crippen LogP contribution in [0.3, 0.4) is 0 Å². The minimum atomic E-state index is -1.55. The topological polar surface area (TPSA) is 80.3 Å². The van der Waals surface area contributed by atoms with Crippen molar-refractivity contribution in [1.82, 2.24) is 0 Å². The molecule has 2 aliphatic heterocycles. The van der Waals surface area contributed by atoms with Crippen LogP contribution in [0, 0.1) is 0 Å². The number of likely N-dealkylation sites (tertiary alicyclic amines) is 2. The number of nitrogens with zero attached hydrogens (tertiary/aromatic N) is 2. The lowest BCUT2D eigenvalue weighted by molar-refractivity contribution is -0.932. The number of carbonyl (C=O) groups is 2. The first-order chi connectivity index (χ1) is 21.3. The predicted molar refractivity (Wildman–Crippen MR) is 183 cm³/mol. The van der Waals surface area contributed by atoms with Crippen LogP contribution in [-0.2, 0) is 9.59 Å². The summed E-state index contributed by atoms with van der Waals surface area (Å²) in [7, 11) is 0. The van der Waals surface area contributed by atoms with Crippen LogP contribution in [0.5, 0.6) is 0 Å². The molecule has 0 aromatic rings. The number of rotatable bonds is 22. The lowest BCUT2D eigenvalue weighted by Gasteiger charge is -2.42. The Kier molecular flexibility index (Phi) is 28.1. The van der Waals surface area contributed by atoms with E-state index < -0.39 is 11.9 Å². The van der Waals surface area contributed by atoms with E-state index in [4.69, 9.17) is 0 Å². The van der Waals surface area contributed by atoms with Crippen molar-refractivity contribution in [3.8, 4) is 0 Å². The molecule has 0 atom stereocenters. The van der Waals surface area contributed by atoms with Crippen molar-refractivity contribution < 1.29 is 28.8 Å². The van der Waals surface area contributed by atoms with Crippen molar-refractivity contribution in [3.63, 3.8) is 0 Å². The zero-order chi connectivity index (χ0) is 32.8. The fraction of sp³-hybridized carbons (Fsp3) is 0.895. The zero-order valence-corrected chi connectivity index (χ0v) is 29.9. The van der Waals surface area contributed by atoms with Crippen LogP contribution in [-0.4, -0.2) is 73.3 Å². The van der Waals surface area contributed by atoms with Crippen molar-refractivity contribution in [2.24, 2.45) is 0 Å². The first kappa shape index (κ1) is 42.6. The molecule has 0 unspecified atom stereocenters. The Balaban J connectivity index is 0.000000679. The molecule has 2 aliphatic rings. The van der Waals surface area contributed by atoms with Crippen molar-refractivity contribution in [1.29, 1.82) is 0 Å². The van der Waals surface area contributed by atoms with Crippen molar-refractivity contribution in [2.45, 2.75) is 169 Å². The van der Waals surface area contributed by atoms with E-state index in [0.717, 1.165) is 0 Å². The second-order valence-corrected chi connectivity index (χ2v) is 13.8. The van der Waals surface area contributed by atoms with E-state index in [2.05, 4.69) is 27.7 Å². The first-order valence-corrected chi connectivity index (χ1v) is 19.1. The van der Waals surface area contributed by atoms with Gasteiger partial charge < -0.3 is 28.8 Å². The SMILES string of the molecule is CCCCCC[N+]1(CCCCCC)CCCCC1.CCCCCC[N+]1(CCCCCC)CCCCC1.O=C([O-])C=CC(=O)[O-]. The molecule has 44 heavy (non-hydrogen) atoms. The monoisotopic (exact) mass is 623 g/mol. The predicted octanol–water partition coefficient (Wildman–Crippen LogP) is 7.34. The molecular weight excluding hydrogens is 548 g/mol. The van der Waals surface area contributed by atoms with Gasteiger partial charge in [-0.05, 0) is 102 Å². The minimum Gasteiger partial charge on any atom is -0.545 e. The molecule has 0 aromatic heterocycles. The fourth-order valence-corrected chi connectivity index (χ4v) is 7.12. The number of unbranched alkanes of at least 4 members (excludes halogenated alkanes) is 12. The summed E-state index contributed by atoms with van der Waals surface area (Å²) < 4.78 is 2.96. The quantitative estimate of drug-likeness (QED) is 0.0719. The van der Waals surface area contributed by atoms with Crippen molar-refractivity contribution in [2.75, 3.05) is 52.4 Å². The number of hydrogen-bond acceptors (Lipinski definition) is 4. The third kappa shape index (κ3) is 23.9. The third-order valence-corrected chi connectivity index (χ3v) is 9.83. The van der Waals surface area contributed by atoms with E-state index in [0.29, 0.717) is 12.2 Å². The zero-order valence-electron chi connectivity index (χ0n) is 29.9. The van der Waals surface area contributed by atoms with Gasteiger partial charge in [0.25, 0.3) is 0 Å². The van der Waals surface area contributed by atoms with Crippen LogP contribution in [0.4, 0.5) is 0 Å². The summed E-state index contributed by atoms with van der Waals surface area (Å²) >= 11 is 0. The summed E-state index contributed by atoms with van der Waals surface area (Å²) in [6.07, 6.45) is 32.7. The van der Waals surface area contributed by atoms with Gasteiger partial charge in [-0.1, -0.05) is 79.1 Å². The molecule has 0 bridgehead atoms. The smallest absolute Gasteiger partial charge is 0.0786 e. The van der Waals surface area contributed by atoms with Crippen LogP contribution in [0.2, 0.25) is 0 Å². The summed E-state index contributed by atoms with van der Waals surface area (Å²) in [6, 6.07) is 0. The van der Waals surface area contributed by atoms with Crippen LogP contribution in [0.25, 0.3) is 0 Å². The lowest BCUT2D eigenvalue weighted by Crippen LogP contribution is -2.52. The number of aliphatic carboxylic acids is 2. The van der Waals surface area contributed by atoms with Crippen LogP contribution in [0.1, 0.15) is 169 Å².